The van der Waals surface area contributed by atoms with Crippen LogP contribution in [0.25, 0.3) is 0 Å². The molecule has 1 aromatic carbocycles. The minimum atomic E-state index is -1.56. The minimum Gasteiger partial charge on any atom is -0.479 e. The van der Waals surface area contributed by atoms with E-state index in [-0.39, 0.29) is 5.78 Å². The largest absolute Gasteiger partial charge is 0.479 e. The number of Topliss-reactive ketones (excluding diaryl/α,β-unsaturated/α-hetero) is 1. The molecular weight excluding hydrogens is 244 g/mol. The van der Waals surface area contributed by atoms with Crippen LogP contribution in [-0.2, 0) is 9.59 Å². The van der Waals surface area contributed by atoms with E-state index in [2.05, 4.69) is 0 Å². The average molecular weight is 257 g/mol. The van der Waals surface area contributed by atoms with Crippen LogP contribution in [-0.4, -0.2) is 22.0 Å². The molecule has 2 N–H and O–H groups in total. The fourth-order valence-corrected chi connectivity index (χ4v) is 1.67. The number of hydrogen-bond acceptors (Lipinski definition) is 3. The fourth-order valence-electron chi connectivity index (χ4n) is 1.53. The van der Waals surface area contributed by atoms with Crippen molar-refractivity contribution in [2.75, 3.05) is 0 Å². The van der Waals surface area contributed by atoms with Gasteiger partial charge in [-0.05, 0) is 30.5 Å². The molecular formula is C12H13ClO4. The molecule has 4 nitrogen and oxygen atoms in total. The van der Waals surface area contributed by atoms with Gasteiger partial charge in [-0.15, -0.1) is 11.6 Å². The number of hydrogen-bond donors (Lipinski definition) is 2. The van der Waals surface area contributed by atoms with Gasteiger partial charge in [0.15, 0.2) is 11.9 Å². The Hall–Kier alpha value is -1.39. The van der Waals surface area contributed by atoms with Crippen molar-refractivity contribution in [3.05, 3.63) is 34.9 Å². The average Bonchev–Trinajstić information content (AvgIpc) is 2.26. The van der Waals surface area contributed by atoms with Crippen LogP contribution in [0, 0.1) is 6.92 Å². The Kier molecular flexibility index (Phi) is 4.26. The summed E-state index contributed by atoms with van der Waals surface area (Å²) in [7, 11) is 0. The van der Waals surface area contributed by atoms with E-state index < -0.39 is 17.5 Å². The van der Waals surface area contributed by atoms with Crippen LogP contribution in [0.15, 0.2) is 18.2 Å². The van der Waals surface area contributed by atoms with Gasteiger partial charge in [-0.1, -0.05) is 18.2 Å². The van der Waals surface area contributed by atoms with E-state index in [4.69, 9.17) is 16.7 Å². The fraction of sp³-hybridized carbons (Fsp3) is 0.333. The summed E-state index contributed by atoms with van der Waals surface area (Å²) in [6, 6.07) is 4.63. The van der Waals surface area contributed by atoms with Crippen molar-refractivity contribution >= 4 is 23.4 Å². The molecule has 0 radical (unpaired) electrons. The number of rotatable bonds is 4. The van der Waals surface area contributed by atoms with Gasteiger partial charge in [0, 0.05) is 0 Å². The summed E-state index contributed by atoms with van der Waals surface area (Å²) in [6.45, 7) is 3.04. The standard InChI is InChI=1S/C12H13ClO4/c1-6-5-8(10(13)7(2)14)3-4-9(6)11(15)12(16)17/h3-5,10-11,15H,1-2H3,(H,16,17). The molecule has 0 aliphatic carbocycles. The van der Waals surface area contributed by atoms with Crippen LogP contribution < -0.4 is 0 Å². The molecule has 0 bridgehead atoms. The second-order valence-electron chi connectivity index (χ2n) is 3.83. The Labute approximate surface area is 104 Å². The number of aliphatic carboxylic acids is 1. The predicted molar refractivity (Wildman–Crippen MR) is 63.0 cm³/mol. The number of aliphatic hydroxyl groups excluding tert-OH is 1. The minimum absolute atomic E-state index is 0.183. The third-order valence-electron chi connectivity index (χ3n) is 2.47. The summed E-state index contributed by atoms with van der Waals surface area (Å²) in [6.07, 6.45) is -1.56. The van der Waals surface area contributed by atoms with Crippen molar-refractivity contribution in [3.8, 4) is 0 Å². The molecule has 1 aromatic rings. The van der Waals surface area contributed by atoms with Crippen molar-refractivity contribution in [3.63, 3.8) is 0 Å². The molecule has 0 saturated carbocycles. The Morgan fingerprint density at radius 3 is 2.35 bits per heavy atom. The third-order valence-corrected chi connectivity index (χ3v) is 3.03. The van der Waals surface area contributed by atoms with Crippen molar-refractivity contribution in [2.24, 2.45) is 0 Å². The molecule has 92 valence electrons. The first-order chi connectivity index (χ1) is 7.84. The Morgan fingerprint density at radius 2 is 1.94 bits per heavy atom. The molecule has 5 heteroatoms. The SMILES string of the molecule is CC(=O)C(Cl)c1ccc(C(O)C(=O)O)c(C)c1. The van der Waals surface area contributed by atoms with Crippen LogP contribution in [0.4, 0.5) is 0 Å². The van der Waals surface area contributed by atoms with Gasteiger partial charge in [0.05, 0.1) is 0 Å². The van der Waals surface area contributed by atoms with Gasteiger partial charge in [-0.2, -0.15) is 0 Å². The highest BCUT2D eigenvalue weighted by Crippen LogP contribution is 2.26. The zero-order valence-electron chi connectivity index (χ0n) is 9.48. The van der Waals surface area contributed by atoms with Gasteiger partial charge in [0.2, 0.25) is 0 Å². The number of aliphatic hydroxyl groups is 1. The predicted octanol–water partition coefficient (Wildman–Crippen LogP) is 1.98. The first-order valence-corrected chi connectivity index (χ1v) is 5.44. The van der Waals surface area contributed by atoms with Crippen molar-refractivity contribution in [2.45, 2.75) is 25.3 Å². The Balaban J connectivity index is 3.10. The Bertz CT molecular complexity index is 456. The summed E-state index contributed by atoms with van der Waals surface area (Å²) in [4.78, 5) is 21.8. The molecule has 0 aromatic heterocycles. The number of carbonyl (C=O) groups is 2. The maximum atomic E-state index is 11.1. The normalized spacial score (nSPS) is 14.1. The lowest BCUT2D eigenvalue weighted by Gasteiger charge is -2.12. The van der Waals surface area contributed by atoms with Crippen molar-refractivity contribution in [1.82, 2.24) is 0 Å². The van der Waals surface area contributed by atoms with E-state index in [9.17, 15) is 14.7 Å². The molecule has 2 unspecified atom stereocenters. The van der Waals surface area contributed by atoms with Crippen LogP contribution in [0.1, 0.15) is 35.1 Å². The van der Waals surface area contributed by atoms with Gasteiger partial charge in [0.1, 0.15) is 5.38 Å². The Morgan fingerprint density at radius 1 is 1.35 bits per heavy atom. The third kappa shape index (κ3) is 3.05. The summed E-state index contributed by atoms with van der Waals surface area (Å²) >= 11 is 5.88. The second-order valence-corrected chi connectivity index (χ2v) is 4.27. The van der Waals surface area contributed by atoms with Crippen LogP contribution in [0.3, 0.4) is 0 Å². The molecule has 0 fully saturated rings. The van der Waals surface area contributed by atoms with Gasteiger partial charge in [-0.25, -0.2) is 4.79 Å². The lowest BCUT2D eigenvalue weighted by Crippen LogP contribution is -2.12. The molecule has 0 saturated heterocycles. The van der Waals surface area contributed by atoms with E-state index in [1.807, 2.05) is 0 Å². The van der Waals surface area contributed by atoms with E-state index in [0.29, 0.717) is 16.7 Å². The van der Waals surface area contributed by atoms with Crippen LogP contribution >= 0.6 is 11.6 Å². The van der Waals surface area contributed by atoms with Crippen molar-refractivity contribution in [1.29, 1.82) is 0 Å². The topological polar surface area (TPSA) is 74.6 Å². The zero-order chi connectivity index (χ0) is 13.2. The lowest BCUT2D eigenvalue weighted by molar-refractivity contribution is -0.147. The highest BCUT2D eigenvalue weighted by atomic mass is 35.5. The highest BCUT2D eigenvalue weighted by molar-refractivity contribution is 6.30. The number of carboxylic acid groups (broad SMARTS) is 1. The molecule has 0 spiro atoms. The number of benzene rings is 1. The summed E-state index contributed by atoms with van der Waals surface area (Å²) in [5.41, 5.74) is 1.48. The summed E-state index contributed by atoms with van der Waals surface area (Å²) in [5.74, 6) is -1.49. The monoisotopic (exact) mass is 256 g/mol. The number of aryl methyl sites for hydroxylation is 1. The van der Waals surface area contributed by atoms with Crippen LogP contribution in [0.2, 0.25) is 0 Å². The molecule has 2 atom stereocenters. The summed E-state index contributed by atoms with van der Waals surface area (Å²) in [5, 5.41) is 17.4. The van der Waals surface area contributed by atoms with Gasteiger partial charge >= 0.3 is 5.97 Å². The van der Waals surface area contributed by atoms with Gasteiger partial charge in [-0.3, -0.25) is 4.79 Å². The van der Waals surface area contributed by atoms with Crippen molar-refractivity contribution < 1.29 is 19.8 Å². The number of alkyl halides is 1. The van der Waals surface area contributed by atoms with Crippen LogP contribution in [0.5, 0.6) is 0 Å². The van der Waals surface area contributed by atoms with E-state index in [0.717, 1.165) is 0 Å². The first kappa shape index (κ1) is 13.7. The van der Waals surface area contributed by atoms with E-state index in [1.165, 1.54) is 13.0 Å². The molecule has 0 heterocycles. The summed E-state index contributed by atoms with van der Waals surface area (Å²) < 4.78 is 0. The van der Waals surface area contributed by atoms with E-state index in [1.54, 1.807) is 19.1 Å². The number of ketones is 1. The van der Waals surface area contributed by atoms with Gasteiger partial charge < -0.3 is 10.2 Å². The zero-order valence-corrected chi connectivity index (χ0v) is 10.2. The maximum absolute atomic E-state index is 11.1. The molecule has 0 aliphatic heterocycles. The maximum Gasteiger partial charge on any atom is 0.337 e. The molecule has 17 heavy (non-hydrogen) atoms. The van der Waals surface area contributed by atoms with Gasteiger partial charge in [0.25, 0.3) is 0 Å². The number of carbonyl (C=O) groups excluding carboxylic acids is 1. The number of halogens is 1. The highest BCUT2D eigenvalue weighted by Gasteiger charge is 2.20. The lowest BCUT2D eigenvalue weighted by atomic mass is 9.98. The smallest absolute Gasteiger partial charge is 0.337 e. The molecule has 1 rings (SSSR count). The quantitative estimate of drug-likeness (QED) is 0.808. The number of carboxylic acids is 1. The first-order valence-electron chi connectivity index (χ1n) is 5.00. The van der Waals surface area contributed by atoms with E-state index >= 15 is 0 Å². The second kappa shape index (κ2) is 5.29. The molecule has 0 amide bonds. The molecule has 0 aliphatic rings.